The molecular weight excluding hydrogens is 278 g/mol. The second kappa shape index (κ2) is 6.50. The number of hydrogen-bond donors (Lipinski definition) is 1. The molecule has 0 fully saturated rings. The van der Waals surface area contributed by atoms with E-state index in [4.69, 9.17) is 9.84 Å². The summed E-state index contributed by atoms with van der Waals surface area (Å²) in [6.45, 7) is 0. The van der Waals surface area contributed by atoms with E-state index in [0.29, 0.717) is 6.07 Å². The Hall–Kier alpha value is -2.64. The Morgan fingerprint density at radius 1 is 1.25 bits per heavy atom. The summed E-state index contributed by atoms with van der Waals surface area (Å²) in [7, 11) is 2.26. The molecule has 0 spiro atoms. The molecule has 0 amide bonds. The summed E-state index contributed by atoms with van der Waals surface area (Å²) in [5.41, 5.74) is -1.05. The van der Waals surface area contributed by atoms with Crippen LogP contribution in [-0.2, 0) is 14.3 Å². The largest absolute Gasteiger partial charge is 0.500 e. The van der Waals surface area contributed by atoms with Gasteiger partial charge in [-0.3, -0.25) is 0 Å². The normalized spacial score (nSPS) is 10.9. The molecule has 8 heteroatoms. The summed E-state index contributed by atoms with van der Waals surface area (Å²) in [6.07, 6.45) is 0.832. The van der Waals surface area contributed by atoms with Crippen LogP contribution in [0.3, 0.4) is 0 Å². The number of aromatic carboxylic acids is 1. The highest BCUT2D eigenvalue weighted by Gasteiger charge is 2.24. The lowest BCUT2D eigenvalue weighted by Crippen LogP contribution is -2.14. The standard InChI is InChI=1S/C12H10F2O6/c1-18-5-8(12(17)19-2)20-7-4-3-6(13)10(14)9(7)11(15)16/h3-5H,1-2H3,(H,15,16)/b8-5+. The number of carboxylic acid groups (broad SMARTS) is 1. The molecule has 0 atom stereocenters. The minimum absolute atomic E-state index is 0.525. The Morgan fingerprint density at radius 3 is 2.40 bits per heavy atom. The van der Waals surface area contributed by atoms with Crippen molar-refractivity contribution in [1.29, 1.82) is 0 Å². The zero-order valence-corrected chi connectivity index (χ0v) is 10.5. The Morgan fingerprint density at radius 2 is 1.90 bits per heavy atom. The Labute approximate surface area is 112 Å². The number of rotatable bonds is 5. The number of hydrogen-bond acceptors (Lipinski definition) is 5. The number of esters is 1. The van der Waals surface area contributed by atoms with Gasteiger partial charge >= 0.3 is 11.9 Å². The van der Waals surface area contributed by atoms with Crippen molar-refractivity contribution in [2.45, 2.75) is 0 Å². The van der Waals surface area contributed by atoms with Crippen LogP contribution in [0.5, 0.6) is 5.75 Å². The van der Waals surface area contributed by atoms with E-state index >= 15 is 0 Å². The summed E-state index contributed by atoms with van der Waals surface area (Å²) in [5.74, 6) is -6.78. The third-order valence-electron chi connectivity index (χ3n) is 2.10. The molecule has 0 bridgehead atoms. The maximum Gasteiger partial charge on any atom is 0.377 e. The molecule has 0 aliphatic rings. The van der Waals surface area contributed by atoms with Crippen LogP contribution in [0.2, 0.25) is 0 Å². The maximum absolute atomic E-state index is 13.4. The zero-order valence-electron chi connectivity index (χ0n) is 10.5. The first kappa shape index (κ1) is 15.4. The maximum atomic E-state index is 13.4. The molecule has 0 saturated carbocycles. The van der Waals surface area contributed by atoms with Crippen molar-refractivity contribution in [2.75, 3.05) is 14.2 Å². The highest BCUT2D eigenvalue weighted by Crippen LogP contribution is 2.25. The minimum Gasteiger partial charge on any atom is -0.500 e. The second-order valence-electron chi connectivity index (χ2n) is 3.35. The molecule has 1 aromatic rings. The molecule has 108 valence electrons. The average molecular weight is 288 g/mol. The molecule has 0 unspecified atom stereocenters. The number of methoxy groups -OCH3 is 2. The van der Waals surface area contributed by atoms with Gasteiger partial charge in [-0.1, -0.05) is 0 Å². The number of carbonyl (C=O) groups excluding carboxylic acids is 1. The molecule has 1 aromatic carbocycles. The van der Waals surface area contributed by atoms with Crippen molar-refractivity contribution < 1.29 is 37.7 Å². The van der Waals surface area contributed by atoms with Crippen LogP contribution in [0.1, 0.15) is 10.4 Å². The first-order chi connectivity index (χ1) is 9.42. The average Bonchev–Trinajstić information content (AvgIpc) is 2.41. The summed E-state index contributed by atoms with van der Waals surface area (Å²) in [5, 5.41) is 8.86. The number of carboxylic acids is 1. The van der Waals surface area contributed by atoms with E-state index in [2.05, 4.69) is 9.47 Å². The van der Waals surface area contributed by atoms with Crippen LogP contribution in [0.25, 0.3) is 0 Å². The first-order valence-corrected chi connectivity index (χ1v) is 5.12. The van der Waals surface area contributed by atoms with Crippen LogP contribution in [0, 0.1) is 11.6 Å². The van der Waals surface area contributed by atoms with Crippen molar-refractivity contribution >= 4 is 11.9 Å². The van der Waals surface area contributed by atoms with Crippen molar-refractivity contribution in [2.24, 2.45) is 0 Å². The summed E-state index contributed by atoms with van der Waals surface area (Å²) in [6, 6.07) is 1.53. The van der Waals surface area contributed by atoms with Crippen LogP contribution in [0.15, 0.2) is 24.2 Å². The lowest BCUT2D eigenvalue weighted by atomic mass is 10.2. The molecule has 0 heterocycles. The molecule has 1 N–H and O–H groups in total. The van der Waals surface area contributed by atoms with Gasteiger partial charge in [0.05, 0.1) is 14.2 Å². The van der Waals surface area contributed by atoms with Gasteiger partial charge in [0.1, 0.15) is 17.6 Å². The van der Waals surface area contributed by atoms with Gasteiger partial charge in [-0.2, -0.15) is 0 Å². The number of carbonyl (C=O) groups is 2. The topological polar surface area (TPSA) is 82.1 Å². The number of halogens is 2. The molecule has 0 aliphatic heterocycles. The Balaban J connectivity index is 3.27. The van der Waals surface area contributed by atoms with E-state index in [1.165, 1.54) is 7.11 Å². The van der Waals surface area contributed by atoms with Crippen molar-refractivity contribution in [3.05, 3.63) is 41.4 Å². The monoisotopic (exact) mass is 288 g/mol. The molecule has 0 aromatic heterocycles. The van der Waals surface area contributed by atoms with Gasteiger partial charge in [0.15, 0.2) is 11.6 Å². The SMILES string of the molecule is CO/C=C(/Oc1ccc(F)c(F)c1C(=O)O)C(=O)OC. The van der Waals surface area contributed by atoms with Crippen molar-refractivity contribution in [3.63, 3.8) is 0 Å². The first-order valence-electron chi connectivity index (χ1n) is 5.12. The van der Waals surface area contributed by atoms with E-state index in [1.807, 2.05) is 0 Å². The van der Waals surface area contributed by atoms with Gasteiger partial charge < -0.3 is 19.3 Å². The minimum atomic E-state index is -1.75. The van der Waals surface area contributed by atoms with Crippen LogP contribution >= 0.6 is 0 Å². The molecular formula is C12H10F2O6. The predicted molar refractivity (Wildman–Crippen MR) is 61.1 cm³/mol. The molecule has 20 heavy (non-hydrogen) atoms. The van der Waals surface area contributed by atoms with E-state index in [1.54, 1.807) is 0 Å². The fourth-order valence-electron chi connectivity index (χ4n) is 1.26. The molecule has 6 nitrogen and oxygen atoms in total. The third kappa shape index (κ3) is 3.22. The van der Waals surface area contributed by atoms with Gasteiger partial charge in [0.2, 0.25) is 5.76 Å². The Bertz CT molecular complexity index is 567. The van der Waals surface area contributed by atoms with Crippen molar-refractivity contribution in [1.82, 2.24) is 0 Å². The molecule has 1 rings (SSSR count). The highest BCUT2D eigenvalue weighted by atomic mass is 19.2. The number of ether oxygens (including phenoxy) is 3. The van der Waals surface area contributed by atoms with Crippen LogP contribution in [-0.4, -0.2) is 31.3 Å². The third-order valence-corrected chi connectivity index (χ3v) is 2.10. The van der Waals surface area contributed by atoms with Gasteiger partial charge in [0, 0.05) is 0 Å². The van der Waals surface area contributed by atoms with Gasteiger partial charge in [-0.05, 0) is 12.1 Å². The smallest absolute Gasteiger partial charge is 0.377 e. The van der Waals surface area contributed by atoms with Gasteiger partial charge in [-0.25, -0.2) is 18.4 Å². The van der Waals surface area contributed by atoms with Gasteiger partial charge in [0.25, 0.3) is 0 Å². The zero-order chi connectivity index (χ0) is 15.3. The van der Waals surface area contributed by atoms with E-state index in [0.717, 1.165) is 19.4 Å². The summed E-state index contributed by atoms with van der Waals surface area (Å²) < 4.78 is 40.3. The predicted octanol–water partition coefficient (Wildman–Crippen LogP) is 1.70. The highest BCUT2D eigenvalue weighted by molar-refractivity contribution is 5.92. The fourth-order valence-corrected chi connectivity index (χ4v) is 1.26. The summed E-state index contributed by atoms with van der Waals surface area (Å²) in [4.78, 5) is 22.2. The second-order valence-corrected chi connectivity index (χ2v) is 3.35. The molecule has 0 saturated heterocycles. The van der Waals surface area contributed by atoms with Crippen LogP contribution in [0.4, 0.5) is 8.78 Å². The quantitative estimate of drug-likeness (QED) is 0.504. The lowest BCUT2D eigenvalue weighted by molar-refractivity contribution is -0.138. The lowest BCUT2D eigenvalue weighted by Gasteiger charge is -2.11. The molecule has 0 aliphatic carbocycles. The van der Waals surface area contributed by atoms with Crippen molar-refractivity contribution in [3.8, 4) is 5.75 Å². The fraction of sp³-hybridized carbons (Fsp3) is 0.167. The van der Waals surface area contributed by atoms with Gasteiger partial charge in [-0.15, -0.1) is 0 Å². The van der Waals surface area contributed by atoms with E-state index in [9.17, 15) is 18.4 Å². The van der Waals surface area contributed by atoms with E-state index in [-0.39, 0.29) is 0 Å². The van der Waals surface area contributed by atoms with Crippen LogP contribution < -0.4 is 4.74 Å². The van der Waals surface area contributed by atoms with E-state index < -0.39 is 40.6 Å². The number of benzene rings is 1. The molecule has 0 radical (unpaired) electrons. The Kier molecular flexibility index (Phi) is 5.01. The summed E-state index contributed by atoms with van der Waals surface area (Å²) >= 11 is 0.